The number of carbonyl (C=O) groups is 1. The number of nitrogens with one attached hydrogen (secondary N) is 2. The van der Waals surface area contributed by atoms with Crippen molar-refractivity contribution in [1.82, 2.24) is 14.9 Å². The van der Waals surface area contributed by atoms with Gasteiger partial charge in [-0.05, 0) is 48.6 Å². The predicted molar refractivity (Wildman–Crippen MR) is 107 cm³/mol. The van der Waals surface area contributed by atoms with Crippen molar-refractivity contribution in [3.63, 3.8) is 0 Å². The van der Waals surface area contributed by atoms with E-state index in [2.05, 4.69) is 27.1 Å². The van der Waals surface area contributed by atoms with E-state index >= 15 is 0 Å². The molecule has 6 nitrogen and oxygen atoms in total. The van der Waals surface area contributed by atoms with Crippen molar-refractivity contribution in [3.8, 4) is 0 Å². The lowest BCUT2D eigenvalue weighted by molar-refractivity contribution is 0.0947. The van der Waals surface area contributed by atoms with Gasteiger partial charge in [0.25, 0.3) is 5.91 Å². The molecular formula is C21H24FN3O3S. The standard InChI is InChI=1S/C21H24FN3O3S/c22-19-8-5-16(13-20(19)29(27,28)24-18-6-7-18)21(26)23-10-12-25-11-9-15-3-1-2-4-17(15)14-25/h1-5,8,13,18,24H,6-7,9-12,14H2,(H,23,26). The fourth-order valence-electron chi connectivity index (χ4n) is 3.51. The van der Waals surface area contributed by atoms with Crippen molar-refractivity contribution in [2.75, 3.05) is 19.6 Å². The monoisotopic (exact) mass is 417 g/mol. The first-order valence-corrected chi connectivity index (χ1v) is 11.3. The highest BCUT2D eigenvalue weighted by Crippen LogP contribution is 2.24. The van der Waals surface area contributed by atoms with Gasteiger partial charge in [-0.3, -0.25) is 9.69 Å². The SMILES string of the molecule is O=C(NCCN1CCc2ccccc2C1)c1ccc(F)c(S(=O)(=O)NC2CC2)c1. The van der Waals surface area contributed by atoms with Gasteiger partial charge in [-0.1, -0.05) is 24.3 Å². The first-order valence-electron chi connectivity index (χ1n) is 9.81. The van der Waals surface area contributed by atoms with Crippen LogP contribution in [0, 0.1) is 5.82 Å². The number of hydrogen-bond acceptors (Lipinski definition) is 4. The summed E-state index contributed by atoms with van der Waals surface area (Å²) in [5.41, 5.74) is 2.81. The van der Waals surface area contributed by atoms with E-state index in [1.54, 1.807) is 0 Å². The van der Waals surface area contributed by atoms with E-state index in [1.807, 2.05) is 12.1 Å². The van der Waals surface area contributed by atoms with Gasteiger partial charge < -0.3 is 5.32 Å². The van der Waals surface area contributed by atoms with Crippen molar-refractivity contribution in [2.45, 2.75) is 36.7 Å². The van der Waals surface area contributed by atoms with Gasteiger partial charge >= 0.3 is 0 Å². The molecule has 0 radical (unpaired) electrons. The number of fused-ring (bicyclic) bond motifs is 1. The second-order valence-electron chi connectivity index (χ2n) is 7.59. The van der Waals surface area contributed by atoms with Gasteiger partial charge in [0.15, 0.2) is 0 Å². The summed E-state index contributed by atoms with van der Waals surface area (Å²) in [5.74, 6) is -1.27. The molecule has 0 spiro atoms. The minimum Gasteiger partial charge on any atom is -0.351 e. The van der Waals surface area contributed by atoms with Gasteiger partial charge in [0.2, 0.25) is 10.0 Å². The predicted octanol–water partition coefficient (Wildman–Crippen LogP) is 2.05. The Bertz CT molecular complexity index is 1020. The van der Waals surface area contributed by atoms with Crippen LogP contribution in [-0.2, 0) is 23.0 Å². The van der Waals surface area contributed by atoms with Gasteiger partial charge in [-0.25, -0.2) is 17.5 Å². The molecule has 0 saturated heterocycles. The Morgan fingerprint density at radius 3 is 2.66 bits per heavy atom. The summed E-state index contributed by atoms with van der Waals surface area (Å²) in [5, 5.41) is 2.80. The zero-order chi connectivity index (χ0) is 20.4. The molecule has 8 heteroatoms. The molecule has 2 aromatic carbocycles. The molecule has 0 atom stereocenters. The third-order valence-corrected chi connectivity index (χ3v) is 6.84. The van der Waals surface area contributed by atoms with E-state index in [9.17, 15) is 17.6 Å². The van der Waals surface area contributed by atoms with Gasteiger partial charge in [0.05, 0.1) is 0 Å². The van der Waals surface area contributed by atoms with Gasteiger partial charge in [0, 0.05) is 37.8 Å². The van der Waals surface area contributed by atoms with E-state index in [-0.39, 0.29) is 11.6 Å². The van der Waals surface area contributed by atoms with Gasteiger partial charge in [0.1, 0.15) is 10.7 Å². The molecule has 1 saturated carbocycles. The van der Waals surface area contributed by atoms with Crippen LogP contribution in [-0.4, -0.2) is 44.9 Å². The number of rotatable bonds is 7. The Morgan fingerprint density at radius 2 is 1.90 bits per heavy atom. The summed E-state index contributed by atoms with van der Waals surface area (Å²) in [6.07, 6.45) is 2.49. The Balaban J connectivity index is 1.35. The quantitative estimate of drug-likeness (QED) is 0.723. The number of carbonyl (C=O) groups excluding carboxylic acids is 1. The summed E-state index contributed by atoms with van der Waals surface area (Å²) < 4.78 is 41.1. The zero-order valence-corrected chi connectivity index (χ0v) is 16.8. The maximum Gasteiger partial charge on any atom is 0.251 e. The Labute approximate surface area is 170 Å². The minimum absolute atomic E-state index is 0.131. The normalized spacial score (nSPS) is 17.0. The lowest BCUT2D eigenvalue weighted by Gasteiger charge is -2.28. The molecule has 154 valence electrons. The average Bonchev–Trinajstić information content (AvgIpc) is 3.51. The molecule has 1 aliphatic heterocycles. The number of hydrogen-bond donors (Lipinski definition) is 2. The fourth-order valence-corrected chi connectivity index (χ4v) is 4.92. The molecule has 2 N–H and O–H groups in total. The van der Waals surface area contributed by atoms with Crippen LogP contribution in [0.5, 0.6) is 0 Å². The van der Waals surface area contributed by atoms with Crippen molar-refractivity contribution in [1.29, 1.82) is 0 Å². The Morgan fingerprint density at radius 1 is 1.14 bits per heavy atom. The van der Waals surface area contributed by atoms with Crippen molar-refractivity contribution < 1.29 is 17.6 Å². The van der Waals surface area contributed by atoms with E-state index in [0.29, 0.717) is 13.1 Å². The number of halogens is 1. The lowest BCUT2D eigenvalue weighted by Crippen LogP contribution is -2.37. The number of benzene rings is 2. The molecule has 4 rings (SSSR count). The van der Waals surface area contributed by atoms with Crippen molar-refractivity contribution in [2.24, 2.45) is 0 Å². The van der Waals surface area contributed by atoms with Crippen molar-refractivity contribution >= 4 is 15.9 Å². The molecule has 0 aromatic heterocycles. The van der Waals surface area contributed by atoms with Crippen LogP contribution >= 0.6 is 0 Å². The molecule has 1 fully saturated rings. The third-order valence-electron chi connectivity index (χ3n) is 5.31. The van der Waals surface area contributed by atoms with Crippen LogP contribution in [0.15, 0.2) is 47.4 Å². The molecule has 0 bridgehead atoms. The van der Waals surface area contributed by atoms with Crippen LogP contribution in [0.1, 0.15) is 34.3 Å². The first-order chi connectivity index (χ1) is 13.9. The highest BCUT2D eigenvalue weighted by atomic mass is 32.2. The van der Waals surface area contributed by atoms with Gasteiger partial charge in [-0.2, -0.15) is 0 Å². The lowest BCUT2D eigenvalue weighted by atomic mass is 10.00. The second-order valence-corrected chi connectivity index (χ2v) is 9.27. The maximum atomic E-state index is 14.1. The molecule has 29 heavy (non-hydrogen) atoms. The van der Waals surface area contributed by atoms with Crippen LogP contribution in [0.25, 0.3) is 0 Å². The molecule has 2 aromatic rings. The third kappa shape index (κ3) is 4.83. The molecular weight excluding hydrogens is 393 g/mol. The van der Waals surface area contributed by atoms with E-state index in [1.165, 1.54) is 17.2 Å². The fraction of sp³-hybridized carbons (Fsp3) is 0.381. The van der Waals surface area contributed by atoms with E-state index in [4.69, 9.17) is 0 Å². The second kappa shape index (κ2) is 8.22. The Hall–Kier alpha value is -2.29. The number of sulfonamides is 1. The number of nitrogens with zero attached hydrogens (tertiary/aromatic N) is 1. The summed E-state index contributed by atoms with van der Waals surface area (Å²) in [6, 6.07) is 11.6. The summed E-state index contributed by atoms with van der Waals surface area (Å²) in [4.78, 5) is 14.2. The van der Waals surface area contributed by atoms with E-state index in [0.717, 1.165) is 44.5 Å². The van der Waals surface area contributed by atoms with Gasteiger partial charge in [-0.15, -0.1) is 0 Å². The zero-order valence-electron chi connectivity index (χ0n) is 16.0. The van der Waals surface area contributed by atoms with Crippen LogP contribution < -0.4 is 10.0 Å². The first kappa shape index (κ1) is 20.0. The molecule has 1 amide bonds. The summed E-state index contributed by atoms with van der Waals surface area (Å²) >= 11 is 0. The topological polar surface area (TPSA) is 78.5 Å². The van der Waals surface area contributed by atoms with E-state index < -0.39 is 26.6 Å². The Kier molecular flexibility index (Phi) is 5.67. The van der Waals surface area contributed by atoms with Crippen LogP contribution in [0.4, 0.5) is 4.39 Å². The molecule has 1 aliphatic carbocycles. The molecule has 1 heterocycles. The molecule has 0 unspecified atom stereocenters. The summed E-state index contributed by atoms with van der Waals surface area (Å²) in [7, 11) is -3.96. The smallest absolute Gasteiger partial charge is 0.251 e. The summed E-state index contributed by atoms with van der Waals surface area (Å²) in [6.45, 7) is 2.90. The average molecular weight is 418 g/mol. The van der Waals surface area contributed by atoms with Crippen molar-refractivity contribution in [3.05, 3.63) is 65.0 Å². The maximum absolute atomic E-state index is 14.1. The largest absolute Gasteiger partial charge is 0.351 e. The van der Waals surface area contributed by atoms with Crippen LogP contribution in [0.3, 0.4) is 0 Å². The minimum atomic E-state index is -3.96. The number of amides is 1. The van der Waals surface area contributed by atoms with Crippen LogP contribution in [0.2, 0.25) is 0 Å². The highest BCUT2D eigenvalue weighted by Gasteiger charge is 2.30. The molecule has 2 aliphatic rings. The highest BCUT2D eigenvalue weighted by molar-refractivity contribution is 7.89.